The molecule has 96 valence electrons. The van der Waals surface area contributed by atoms with Gasteiger partial charge in [-0.05, 0) is 18.2 Å². The van der Waals surface area contributed by atoms with Crippen molar-refractivity contribution in [2.45, 2.75) is 6.18 Å². The van der Waals surface area contributed by atoms with Gasteiger partial charge in [-0.15, -0.1) is 15.0 Å². The maximum absolute atomic E-state index is 12.5. The molecule has 9 heteroatoms. The van der Waals surface area contributed by atoms with Gasteiger partial charge in [0.05, 0.1) is 5.02 Å². The van der Waals surface area contributed by atoms with Crippen molar-refractivity contribution in [3.05, 3.63) is 33.9 Å². The summed E-state index contributed by atoms with van der Waals surface area (Å²) in [5.74, 6) is -0.714. The number of nitrogens with zero attached hydrogens (tertiary/aromatic N) is 3. The SMILES string of the molecule is Nc1nn(-c2ccc(Cl)cc2Cl)nc1C(F)(F)F. The number of hydrogen-bond donors (Lipinski definition) is 1. The Morgan fingerprint density at radius 1 is 1.17 bits per heavy atom. The molecule has 0 bridgehead atoms. The highest BCUT2D eigenvalue weighted by Gasteiger charge is 2.38. The van der Waals surface area contributed by atoms with Crippen molar-refractivity contribution < 1.29 is 13.2 Å². The molecule has 0 atom stereocenters. The van der Waals surface area contributed by atoms with E-state index in [4.69, 9.17) is 28.9 Å². The second-order valence-corrected chi connectivity index (χ2v) is 4.16. The lowest BCUT2D eigenvalue weighted by atomic mass is 10.3. The predicted molar refractivity (Wildman–Crippen MR) is 60.8 cm³/mol. The summed E-state index contributed by atoms with van der Waals surface area (Å²) >= 11 is 11.5. The second-order valence-electron chi connectivity index (χ2n) is 3.32. The molecule has 0 aliphatic heterocycles. The average Bonchev–Trinajstić information content (AvgIpc) is 2.59. The summed E-state index contributed by atoms with van der Waals surface area (Å²) in [6, 6.07) is 4.21. The summed E-state index contributed by atoms with van der Waals surface area (Å²) in [7, 11) is 0. The van der Waals surface area contributed by atoms with E-state index in [0.717, 1.165) is 4.80 Å². The zero-order valence-electron chi connectivity index (χ0n) is 8.54. The summed E-state index contributed by atoms with van der Waals surface area (Å²) in [6.07, 6.45) is -4.67. The highest BCUT2D eigenvalue weighted by Crippen LogP contribution is 2.32. The summed E-state index contributed by atoms with van der Waals surface area (Å²) in [4.78, 5) is 0.719. The van der Waals surface area contributed by atoms with Crippen molar-refractivity contribution in [1.29, 1.82) is 0 Å². The molecule has 1 aromatic carbocycles. The standard InChI is InChI=1S/C9H5Cl2F3N4/c10-4-1-2-6(5(11)3-4)18-16-7(8(15)17-18)9(12,13)14/h1-3H,(H2,15,17). The van der Waals surface area contributed by atoms with E-state index in [9.17, 15) is 13.2 Å². The Kier molecular flexibility index (Phi) is 3.12. The number of alkyl halides is 3. The van der Waals surface area contributed by atoms with Crippen LogP contribution in [0.2, 0.25) is 10.0 Å². The smallest absolute Gasteiger partial charge is 0.380 e. The number of nitrogen functional groups attached to an aromatic ring is 1. The van der Waals surface area contributed by atoms with E-state index in [1.54, 1.807) is 0 Å². The highest BCUT2D eigenvalue weighted by atomic mass is 35.5. The van der Waals surface area contributed by atoms with Gasteiger partial charge in [-0.25, -0.2) is 0 Å². The van der Waals surface area contributed by atoms with Crippen molar-refractivity contribution in [2.24, 2.45) is 0 Å². The maximum atomic E-state index is 12.5. The van der Waals surface area contributed by atoms with Crippen LogP contribution in [0.5, 0.6) is 0 Å². The van der Waals surface area contributed by atoms with Crippen LogP contribution in [0, 0.1) is 0 Å². The number of hydrogen-bond acceptors (Lipinski definition) is 3. The number of anilines is 1. The number of nitrogens with two attached hydrogens (primary N) is 1. The van der Waals surface area contributed by atoms with Crippen LogP contribution >= 0.6 is 23.2 Å². The van der Waals surface area contributed by atoms with E-state index in [-0.39, 0.29) is 10.7 Å². The molecule has 1 heterocycles. The van der Waals surface area contributed by atoms with E-state index in [0.29, 0.717) is 5.02 Å². The van der Waals surface area contributed by atoms with Crippen LogP contribution in [0.1, 0.15) is 5.69 Å². The molecule has 0 saturated heterocycles. The Morgan fingerprint density at radius 3 is 2.33 bits per heavy atom. The van der Waals surface area contributed by atoms with Gasteiger partial charge in [0.2, 0.25) is 5.69 Å². The van der Waals surface area contributed by atoms with E-state index in [2.05, 4.69) is 10.2 Å². The van der Waals surface area contributed by atoms with Crippen LogP contribution < -0.4 is 5.73 Å². The minimum atomic E-state index is -4.67. The molecular formula is C9H5Cl2F3N4. The summed E-state index contributed by atoms with van der Waals surface area (Å²) in [5.41, 5.74) is 4.06. The van der Waals surface area contributed by atoms with E-state index in [1.807, 2.05) is 0 Å². The Hall–Kier alpha value is -1.47. The number of aromatic nitrogens is 3. The first-order valence-electron chi connectivity index (χ1n) is 4.54. The van der Waals surface area contributed by atoms with Gasteiger partial charge in [0.1, 0.15) is 5.69 Å². The fourth-order valence-electron chi connectivity index (χ4n) is 1.27. The summed E-state index contributed by atoms with van der Waals surface area (Å²) in [5, 5.41) is 7.21. The van der Waals surface area contributed by atoms with Gasteiger partial charge in [-0.1, -0.05) is 23.2 Å². The van der Waals surface area contributed by atoms with Crippen LogP contribution in [-0.2, 0) is 6.18 Å². The molecule has 0 radical (unpaired) electrons. The second kappa shape index (κ2) is 4.33. The molecule has 0 spiro atoms. The van der Waals surface area contributed by atoms with E-state index < -0.39 is 17.7 Å². The quantitative estimate of drug-likeness (QED) is 0.879. The molecule has 0 aliphatic carbocycles. The number of benzene rings is 1. The normalized spacial score (nSPS) is 11.8. The first-order chi connectivity index (χ1) is 8.29. The first kappa shape index (κ1) is 13.0. The third-order valence-corrected chi connectivity index (χ3v) is 2.57. The Bertz CT molecular complexity index is 594. The van der Waals surface area contributed by atoms with Crippen LogP contribution in [0.4, 0.5) is 19.0 Å². The van der Waals surface area contributed by atoms with Gasteiger partial charge in [-0.3, -0.25) is 0 Å². The number of rotatable bonds is 1. The van der Waals surface area contributed by atoms with Crippen LogP contribution in [0.25, 0.3) is 5.69 Å². The van der Waals surface area contributed by atoms with Crippen LogP contribution in [-0.4, -0.2) is 15.0 Å². The fourth-order valence-corrected chi connectivity index (χ4v) is 1.75. The van der Waals surface area contributed by atoms with Gasteiger partial charge >= 0.3 is 6.18 Å². The minimum Gasteiger partial charge on any atom is -0.380 e. The Labute approximate surface area is 109 Å². The zero-order valence-corrected chi connectivity index (χ0v) is 10.1. The van der Waals surface area contributed by atoms with Gasteiger partial charge < -0.3 is 5.73 Å². The molecule has 2 rings (SSSR count). The lowest BCUT2D eigenvalue weighted by molar-refractivity contribution is -0.140. The van der Waals surface area contributed by atoms with Crippen molar-refractivity contribution in [2.75, 3.05) is 5.73 Å². The van der Waals surface area contributed by atoms with Crippen molar-refractivity contribution in [3.8, 4) is 5.69 Å². The largest absolute Gasteiger partial charge is 0.438 e. The molecule has 4 nitrogen and oxygen atoms in total. The molecule has 2 N–H and O–H groups in total. The molecule has 1 aromatic heterocycles. The van der Waals surface area contributed by atoms with E-state index >= 15 is 0 Å². The summed E-state index contributed by atoms with van der Waals surface area (Å²) < 4.78 is 37.5. The molecule has 18 heavy (non-hydrogen) atoms. The monoisotopic (exact) mass is 296 g/mol. The molecule has 0 fully saturated rings. The third-order valence-electron chi connectivity index (χ3n) is 2.03. The minimum absolute atomic E-state index is 0.117. The van der Waals surface area contributed by atoms with Gasteiger partial charge in [0.25, 0.3) is 0 Å². The highest BCUT2D eigenvalue weighted by molar-refractivity contribution is 6.35. The topological polar surface area (TPSA) is 56.7 Å². The molecule has 0 saturated carbocycles. The van der Waals surface area contributed by atoms with Crippen molar-refractivity contribution in [3.63, 3.8) is 0 Å². The summed E-state index contributed by atoms with van der Waals surface area (Å²) in [6.45, 7) is 0. The molecule has 0 aliphatic rings. The third kappa shape index (κ3) is 2.37. The average molecular weight is 297 g/mol. The van der Waals surface area contributed by atoms with Crippen LogP contribution in [0.3, 0.4) is 0 Å². The lowest BCUT2D eigenvalue weighted by Crippen LogP contribution is -2.09. The van der Waals surface area contributed by atoms with Gasteiger partial charge in [0, 0.05) is 5.02 Å². The zero-order chi connectivity index (χ0) is 13.5. The Morgan fingerprint density at radius 2 is 1.83 bits per heavy atom. The maximum Gasteiger partial charge on any atom is 0.438 e. The van der Waals surface area contributed by atoms with Crippen molar-refractivity contribution >= 4 is 29.0 Å². The van der Waals surface area contributed by atoms with Gasteiger partial charge in [-0.2, -0.15) is 13.2 Å². The van der Waals surface area contributed by atoms with Crippen molar-refractivity contribution in [1.82, 2.24) is 15.0 Å². The van der Waals surface area contributed by atoms with Gasteiger partial charge in [0.15, 0.2) is 5.82 Å². The number of halogens is 5. The molecule has 2 aromatic rings. The molecule has 0 amide bonds. The molecular weight excluding hydrogens is 292 g/mol. The predicted octanol–water partition coefficient (Wildman–Crippen LogP) is 3.18. The fraction of sp³-hybridized carbons (Fsp3) is 0.111. The Balaban J connectivity index is 2.53. The lowest BCUT2D eigenvalue weighted by Gasteiger charge is -2.03. The van der Waals surface area contributed by atoms with Crippen LogP contribution in [0.15, 0.2) is 18.2 Å². The molecule has 0 unspecified atom stereocenters. The van der Waals surface area contributed by atoms with E-state index in [1.165, 1.54) is 18.2 Å². The first-order valence-corrected chi connectivity index (χ1v) is 5.30.